The molecule has 1 heterocycles. The fourth-order valence-corrected chi connectivity index (χ4v) is 0.831. The summed E-state index contributed by atoms with van der Waals surface area (Å²) in [5, 5.41) is 17.0. The zero-order valence-electron chi connectivity index (χ0n) is 6.93. The molecule has 0 spiro atoms. The van der Waals surface area contributed by atoms with Gasteiger partial charge in [-0.25, -0.2) is 4.79 Å². The van der Waals surface area contributed by atoms with Gasteiger partial charge in [0.25, 0.3) is 0 Å². The molecule has 0 amide bonds. The second-order valence-electron chi connectivity index (χ2n) is 2.42. The van der Waals surface area contributed by atoms with E-state index in [9.17, 15) is 4.79 Å². The smallest absolute Gasteiger partial charge is 0.371 e. The van der Waals surface area contributed by atoms with Crippen molar-refractivity contribution < 1.29 is 19.4 Å². The maximum atomic E-state index is 10.4. The minimum atomic E-state index is -1.08. The van der Waals surface area contributed by atoms with Crippen LogP contribution in [0.2, 0.25) is 0 Å². The number of hydrogen-bond donors (Lipinski definition) is 2. The van der Waals surface area contributed by atoms with Crippen LogP contribution in [0.1, 0.15) is 22.7 Å². The van der Waals surface area contributed by atoms with Crippen molar-refractivity contribution in [2.24, 2.45) is 0 Å². The minimum Gasteiger partial charge on any atom is -0.475 e. The lowest BCUT2D eigenvalue weighted by Gasteiger charge is -1.86. The Bertz CT molecular complexity index is 311. The lowest BCUT2D eigenvalue weighted by Crippen LogP contribution is -1.91. The predicted molar refractivity (Wildman–Crippen MR) is 46.4 cm³/mol. The van der Waals surface area contributed by atoms with E-state index in [1.807, 2.05) is 0 Å². The standard InChI is InChI=1S/C9H10O4/c10-6-2-1-3-7-4-5-8(13-7)9(11)12/h1,3-5,10H,2,6H2,(H,11,12). The van der Waals surface area contributed by atoms with Crippen LogP contribution in [0, 0.1) is 0 Å². The van der Waals surface area contributed by atoms with E-state index in [0.717, 1.165) is 0 Å². The van der Waals surface area contributed by atoms with Gasteiger partial charge in [0.15, 0.2) is 0 Å². The number of hydrogen-bond acceptors (Lipinski definition) is 3. The number of furan rings is 1. The highest BCUT2D eigenvalue weighted by Crippen LogP contribution is 2.09. The molecule has 0 aromatic carbocycles. The molecular weight excluding hydrogens is 172 g/mol. The van der Waals surface area contributed by atoms with Crippen LogP contribution >= 0.6 is 0 Å². The highest BCUT2D eigenvalue weighted by molar-refractivity contribution is 5.84. The van der Waals surface area contributed by atoms with Gasteiger partial charge >= 0.3 is 5.97 Å². The first-order chi connectivity index (χ1) is 6.24. The first-order valence-corrected chi connectivity index (χ1v) is 3.84. The van der Waals surface area contributed by atoms with Gasteiger partial charge in [0.2, 0.25) is 5.76 Å². The molecule has 70 valence electrons. The zero-order valence-corrected chi connectivity index (χ0v) is 6.93. The van der Waals surface area contributed by atoms with Crippen LogP contribution in [0.3, 0.4) is 0 Å². The molecule has 1 rings (SSSR count). The Balaban J connectivity index is 2.64. The van der Waals surface area contributed by atoms with Gasteiger partial charge in [-0.1, -0.05) is 6.08 Å². The summed E-state index contributed by atoms with van der Waals surface area (Å²) in [5.74, 6) is -0.684. The van der Waals surface area contributed by atoms with E-state index in [4.69, 9.17) is 14.6 Å². The number of carboxylic acids is 1. The van der Waals surface area contributed by atoms with Crippen molar-refractivity contribution in [3.05, 3.63) is 29.7 Å². The van der Waals surface area contributed by atoms with Crippen molar-refractivity contribution in [3.63, 3.8) is 0 Å². The van der Waals surface area contributed by atoms with Gasteiger partial charge in [-0.2, -0.15) is 0 Å². The molecule has 0 bridgehead atoms. The van der Waals surface area contributed by atoms with E-state index in [-0.39, 0.29) is 12.4 Å². The van der Waals surface area contributed by atoms with Crippen LogP contribution in [0.25, 0.3) is 6.08 Å². The summed E-state index contributed by atoms with van der Waals surface area (Å²) >= 11 is 0. The van der Waals surface area contributed by atoms with Crippen LogP contribution < -0.4 is 0 Å². The van der Waals surface area contributed by atoms with Crippen molar-refractivity contribution in [2.75, 3.05) is 6.61 Å². The van der Waals surface area contributed by atoms with E-state index in [1.165, 1.54) is 6.07 Å². The number of aliphatic hydroxyl groups is 1. The molecule has 2 N–H and O–H groups in total. The summed E-state index contributed by atoms with van der Waals surface area (Å²) in [6.07, 6.45) is 3.87. The molecule has 4 heteroatoms. The first kappa shape index (κ1) is 9.54. The molecule has 0 saturated carbocycles. The van der Waals surface area contributed by atoms with Gasteiger partial charge in [-0.3, -0.25) is 0 Å². The van der Waals surface area contributed by atoms with Gasteiger partial charge in [0, 0.05) is 6.61 Å². The monoisotopic (exact) mass is 182 g/mol. The van der Waals surface area contributed by atoms with Gasteiger partial charge < -0.3 is 14.6 Å². The molecule has 4 nitrogen and oxygen atoms in total. The number of aliphatic hydroxyl groups excluding tert-OH is 1. The summed E-state index contributed by atoms with van der Waals surface area (Å²) in [5.41, 5.74) is 0. The van der Waals surface area contributed by atoms with Crippen LogP contribution in [-0.4, -0.2) is 22.8 Å². The maximum absolute atomic E-state index is 10.4. The molecule has 13 heavy (non-hydrogen) atoms. The molecule has 1 aromatic heterocycles. The van der Waals surface area contributed by atoms with Gasteiger partial charge in [0.05, 0.1) is 0 Å². The van der Waals surface area contributed by atoms with Gasteiger partial charge in [-0.05, 0) is 24.6 Å². The maximum Gasteiger partial charge on any atom is 0.371 e. The van der Waals surface area contributed by atoms with Crippen molar-refractivity contribution in [1.82, 2.24) is 0 Å². The van der Waals surface area contributed by atoms with E-state index >= 15 is 0 Å². The fourth-order valence-electron chi connectivity index (χ4n) is 0.831. The molecule has 0 unspecified atom stereocenters. The van der Waals surface area contributed by atoms with Crippen molar-refractivity contribution in [2.45, 2.75) is 6.42 Å². The van der Waals surface area contributed by atoms with Crippen molar-refractivity contribution >= 4 is 12.0 Å². The Hall–Kier alpha value is -1.55. The van der Waals surface area contributed by atoms with Crippen LogP contribution in [0.5, 0.6) is 0 Å². The normalized spacial score (nSPS) is 10.8. The number of carbonyl (C=O) groups is 1. The lowest BCUT2D eigenvalue weighted by molar-refractivity contribution is 0.0662. The third-order valence-electron chi connectivity index (χ3n) is 1.42. The number of aromatic carboxylic acids is 1. The topological polar surface area (TPSA) is 70.7 Å². The van der Waals surface area contributed by atoms with E-state index < -0.39 is 5.97 Å². The highest BCUT2D eigenvalue weighted by Gasteiger charge is 2.06. The average molecular weight is 182 g/mol. The second-order valence-corrected chi connectivity index (χ2v) is 2.42. The van der Waals surface area contributed by atoms with E-state index in [2.05, 4.69) is 0 Å². The van der Waals surface area contributed by atoms with E-state index in [1.54, 1.807) is 18.2 Å². The Labute approximate surface area is 75.1 Å². The fraction of sp³-hybridized carbons (Fsp3) is 0.222. The molecule has 0 atom stereocenters. The van der Waals surface area contributed by atoms with E-state index in [0.29, 0.717) is 12.2 Å². The van der Waals surface area contributed by atoms with Gasteiger partial charge in [0.1, 0.15) is 5.76 Å². The average Bonchev–Trinajstić information content (AvgIpc) is 2.53. The van der Waals surface area contributed by atoms with Crippen LogP contribution in [0.4, 0.5) is 0 Å². The first-order valence-electron chi connectivity index (χ1n) is 3.84. The third-order valence-corrected chi connectivity index (χ3v) is 1.42. The largest absolute Gasteiger partial charge is 0.475 e. The molecule has 0 fully saturated rings. The highest BCUT2D eigenvalue weighted by atomic mass is 16.4. The van der Waals surface area contributed by atoms with Crippen LogP contribution in [0.15, 0.2) is 22.6 Å². The minimum absolute atomic E-state index is 0.0724. The van der Waals surface area contributed by atoms with Gasteiger partial charge in [-0.15, -0.1) is 0 Å². The second kappa shape index (κ2) is 4.47. The zero-order chi connectivity index (χ0) is 9.68. The molecular formula is C9H10O4. The summed E-state index contributed by atoms with van der Waals surface area (Å²) in [7, 11) is 0. The Morgan fingerprint density at radius 3 is 2.85 bits per heavy atom. The molecule has 0 radical (unpaired) electrons. The van der Waals surface area contributed by atoms with Crippen molar-refractivity contribution in [3.8, 4) is 0 Å². The summed E-state index contributed by atoms with van der Waals surface area (Å²) < 4.78 is 4.92. The Morgan fingerprint density at radius 1 is 1.54 bits per heavy atom. The predicted octanol–water partition coefficient (Wildman–Crippen LogP) is 1.37. The van der Waals surface area contributed by atoms with Crippen LogP contribution in [-0.2, 0) is 0 Å². The molecule has 0 aliphatic heterocycles. The lowest BCUT2D eigenvalue weighted by atomic mass is 10.3. The quantitative estimate of drug-likeness (QED) is 0.737. The SMILES string of the molecule is O=C(O)c1ccc(C=CCCO)o1. The summed E-state index contributed by atoms with van der Waals surface area (Å²) in [4.78, 5) is 10.4. The van der Waals surface area contributed by atoms with Crippen molar-refractivity contribution in [1.29, 1.82) is 0 Å². The summed E-state index contributed by atoms with van der Waals surface area (Å²) in [6, 6.07) is 2.96. The molecule has 0 saturated heterocycles. The molecule has 0 aliphatic rings. The molecule has 1 aromatic rings. The Morgan fingerprint density at radius 2 is 2.31 bits per heavy atom. The number of carboxylic acid groups (broad SMARTS) is 1. The third kappa shape index (κ3) is 2.76. The molecule has 0 aliphatic carbocycles. The summed E-state index contributed by atoms with van der Waals surface area (Å²) in [6.45, 7) is 0.0724. The number of rotatable bonds is 4. The Kier molecular flexibility index (Phi) is 3.28.